The van der Waals surface area contributed by atoms with Crippen molar-refractivity contribution in [3.63, 3.8) is 0 Å². The van der Waals surface area contributed by atoms with E-state index in [2.05, 4.69) is 32.1 Å². The molecule has 0 bridgehead atoms. The molecule has 0 unspecified atom stereocenters. The van der Waals surface area contributed by atoms with Crippen LogP contribution in [0.1, 0.15) is 71.6 Å². The molecule has 100 valence electrons. The molecule has 0 aliphatic carbocycles. The van der Waals surface area contributed by atoms with Gasteiger partial charge >= 0.3 is 0 Å². The van der Waals surface area contributed by atoms with Gasteiger partial charge in [-0.3, -0.25) is 0 Å². The fourth-order valence-electron chi connectivity index (χ4n) is 1.69. The molecule has 0 N–H and O–H groups in total. The standard InChI is InChI=1S/C16H30O/c1-3-5-7-9-11-13-15-17-16-14-12-10-8-6-4-2/h3,5,13,15H,4,6-12,14,16H2,1-2H3. The average molecular weight is 238 g/mol. The van der Waals surface area contributed by atoms with Crippen molar-refractivity contribution in [3.05, 3.63) is 24.5 Å². The molecule has 0 heterocycles. The summed E-state index contributed by atoms with van der Waals surface area (Å²) < 4.78 is 5.45. The molecule has 0 aliphatic rings. The first-order valence-corrected chi connectivity index (χ1v) is 7.29. The Morgan fingerprint density at radius 3 is 2.29 bits per heavy atom. The second-order valence-electron chi connectivity index (χ2n) is 4.51. The number of unbranched alkanes of at least 4 members (excludes halogenated alkanes) is 7. The SMILES string of the molecule is CC=CCCCC=COCCCCCCCC. The van der Waals surface area contributed by atoms with E-state index in [0.29, 0.717) is 0 Å². The van der Waals surface area contributed by atoms with Crippen molar-refractivity contribution < 1.29 is 4.74 Å². The van der Waals surface area contributed by atoms with Crippen molar-refractivity contribution in [2.45, 2.75) is 71.6 Å². The molecule has 1 heteroatoms. The van der Waals surface area contributed by atoms with Crippen LogP contribution in [0.5, 0.6) is 0 Å². The molecule has 0 atom stereocenters. The largest absolute Gasteiger partial charge is 0.502 e. The Morgan fingerprint density at radius 2 is 1.53 bits per heavy atom. The highest BCUT2D eigenvalue weighted by Gasteiger charge is 1.89. The normalized spacial score (nSPS) is 11.6. The van der Waals surface area contributed by atoms with E-state index in [-0.39, 0.29) is 0 Å². The first kappa shape index (κ1) is 16.3. The van der Waals surface area contributed by atoms with Crippen LogP contribution in [-0.2, 0) is 4.74 Å². The molecular formula is C16H30O. The van der Waals surface area contributed by atoms with Crippen molar-refractivity contribution >= 4 is 0 Å². The van der Waals surface area contributed by atoms with Gasteiger partial charge in [0.2, 0.25) is 0 Å². The van der Waals surface area contributed by atoms with Crippen LogP contribution in [0.15, 0.2) is 24.5 Å². The Hall–Kier alpha value is -0.720. The van der Waals surface area contributed by atoms with Crippen molar-refractivity contribution in [1.82, 2.24) is 0 Å². The first-order valence-electron chi connectivity index (χ1n) is 7.29. The molecule has 1 nitrogen and oxygen atoms in total. The molecule has 0 saturated carbocycles. The summed E-state index contributed by atoms with van der Waals surface area (Å²) in [6.45, 7) is 5.21. The van der Waals surface area contributed by atoms with E-state index in [0.717, 1.165) is 13.0 Å². The fraction of sp³-hybridized carbons (Fsp3) is 0.750. The van der Waals surface area contributed by atoms with Gasteiger partial charge in [-0.2, -0.15) is 0 Å². The summed E-state index contributed by atoms with van der Waals surface area (Å²) in [5.41, 5.74) is 0. The van der Waals surface area contributed by atoms with E-state index >= 15 is 0 Å². The quantitative estimate of drug-likeness (QED) is 0.243. The summed E-state index contributed by atoms with van der Waals surface area (Å²) in [5.74, 6) is 0. The fourth-order valence-corrected chi connectivity index (χ4v) is 1.69. The summed E-state index contributed by atoms with van der Waals surface area (Å²) in [5, 5.41) is 0. The molecular weight excluding hydrogens is 208 g/mol. The van der Waals surface area contributed by atoms with Gasteiger partial charge in [0.25, 0.3) is 0 Å². The number of allylic oxidation sites excluding steroid dienone is 3. The molecule has 0 amide bonds. The number of hydrogen-bond donors (Lipinski definition) is 0. The van der Waals surface area contributed by atoms with E-state index in [4.69, 9.17) is 4.74 Å². The van der Waals surface area contributed by atoms with Crippen LogP contribution in [-0.4, -0.2) is 6.61 Å². The predicted molar refractivity (Wildman–Crippen MR) is 77.1 cm³/mol. The summed E-state index contributed by atoms with van der Waals surface area (Å²) in [4.78, 5) is 0. The van der Waals surface area contributed by atoms with E-state index in [9.17, 15) is 0 Å². The summed E-state index contributed by atoms with van der Waals surface area (Å²) in [7, 11) is 0. The number of rotatable bonds is 12. The van der Waals surface area contributed by atoms with E-state index in [1.54, 1.807) is 0 Å². The van der Waals surface area contributed by atoms with E-state index in [1.165, 1.54) is 51.4 Å². The summed E-state index contributed by atoms with van der Waals surface area (Å²) in [6.07, 6.45) is 19.8. The minimum absolute atomic E-state index is 0.886. The molecule has 17 heavy (non-hydrogen) atoms. The van der Waals surface area contributed by atoms with Crippen LogP contribution in [0, 0.1) is 0 Å². The van der Waals surface area contributed by atoms with Gasteiger partial charge < -0.3 is 4.74 Å². The number of ether oxygens (including phenoxy) is 1. The highest BCUT2D eigenvalue weighted by molar-refractivity contribution is 4.80. The van der Waals surface area contributed by atoms with E-state index in [1.807, 2.05) is 6.26 Å². The predicted octanol–water partition coefficient (Wildman–Crippen LogP) is 5.62. The Morgan fingerprint density at radius 1 is 0.824 bits per heavy atom. The van der Waals surface area contributed by atoms with Crippen molar-refractivity contribution in [2.24, 2.45) is 0 Å². The van der Waals surface area contributed by atoms with Gasteiger partial charge in [0.05, 0.1) is 12.9 Å². The third kappa shape index (κ3) is 15.3. The second-order valence-corrected chi connectivity index (χ2v) is 4.51. The molecule has 0 rings (SSSR count). The lowest BCUT2D eigenvalue weighted by molar-refractivity contribution is 0.239. The highest BCUT2D eigenvalue weighted by atomic mass is 16.5. The monoisotopic (exact) mass is 238 g/mol. The zero-order valence-corrected chi connectivity index (χ0v) is 11.8. The van der Waals surface area contributed by atoms with Gasteiger partial charge in [0.1, 0.15) is 0 Å². The third-order valence-electron chi connectivity index (χ3n) is 2.79. The van der Waals surface area contributed by atoms with Crippen LogP contribution >= 0.6 is 0 Å². The van der Waals surface area contributed by atoms with Crippen LogP contribution in [0.3, 0.4) is 0 Å². The minimum atomic E-state index is 0.886. The number of hydrogen-bond acceptors (Lipinski definition) is 1. The first-order chi connectivity index (χ1) is 8.41. The molecule has 0 aliphatic heterocycles. The highest BCUT2D eigenvalue weighted by Crippen LogP contribution is 2.05. The maximum Gasteiger partial charge on any atom is 0.0873 e. The van der Waals surface area contributed by atoms with Gasteiger partial charge in [-0.1, -0.05) is 51.2 Å². The molecule has 0 fully saturated rings. The van der Waals surface area contributed by atoms with Crippen molar-refractivity contribution in [3.8, 4) is 0 Å². The zero-order valence-electron chi connectivity index (χ0n) is 11.8. The van der Waals surface area contributed by atoms with Gasteiger partial charge in [0, 0.05) is 0 Å². The van der Waals surface area contributed by atoms with Crippen molar-refractivity contribution in [1.29, 1.82) is 0 Å². The molecule has 0 saturated heterocycles. The molecule has 0 aromatic heterocycles. The lowest BCUT2D eigenvalue weighted by Crippen LogP contribution is -1.88. The lowest BCUT2D eigenvalue weighted by Gasteiger charge is -2.01. The van der Waals surface area contributed by atoms with Crippen LogP contribution in [0.2, 0.25) is 0 Å². The van der Waals surface area contributed by atoms with Crippen LogP contribution < -0.4 is 0 Å². The van der Waals surface area contributed by atoms with Gasteiger partial charge in [0.15, 0.2) is 0 Å². The Bertz CT molecular complexity index is 182. The maximum atomic E-state index is 5.45. The second kappa shape index (κ2) is 15.3. The maximum absolute atomic E-state index is 5.45. The summed E-state index contributed by atoms with van der Waals surface area (Å²) in [6, 6.07) is 0. The van der Waals surface area contributed by atoms with Crippen molar-refractivity contribution in [2.75, 3.05) is 6.61 Å². The molecule has 0 spiro atoms. The molecule has 0 aromatic carbocycles. The van der Waals surface area contributed by atoms with E-state index < -0.39 is 0 Å². The van der Waals surface area contributed by atoms with Crippen LogP contribution in [0.25, 0.3) is 0 Å². The smallest absolute Gasteiger partial charge is 0.0873 e. The van der Waals surface area contributed by atoms with Gasteiger partial charge in [-0.25, -0.2) is 0 Å². The molecule has 0 aromatic rings. The topological polar surface area (TPSA) is 9.23 Å². The Balaban J connectivity index is 3.03. The Labute approximate surface area is 108 Å². The van der Waals surface area contributed by atoms with Gasteiger partial charge in [-0.05, 0) is 38.7 Å². The Kier molecular flexibility index (Phi) is 14.6. The zero-order chi connectivity index (χ0) is 12.6. The lowest BCUT2D eigenvalue weighted by atomic mass is 10.1. The third-order valence-corrected chi connectivity index (χ3v) is 2.79. The average Bonchev–Trinajstić information content (AvgIpc) is 2.35. The van der Waals surface area contributed by atoms with Gasteiger partial charge in [-0.15, -0.1) is 0 Å². The minimum Gasteiger partial charge on any atom is -0.502 e. The molecule has 0 radical (unpaired) electrons. The van der Waals surface area contributed by atoms with Crippen LogP contribution in [0.4, 0.5) is 0 Å². The summed E-state index contributed by atoms with van der Waals surface area (Å²) >= 11 is 0.